The summed E-state index contributed by atoms with van der Waals surface area (Å²) in [5.74, 6) is 0.0797. The van der Waals surface area contributed by atoms with E-state index in [-0.39, 0.29) is 11.3 Å². The van der Waals surface area contributed by atoms with Crippen LogP contribution in [0.5, 0.6) is 0 Å². The highest BCUT2D eigenvalue weighted by Gasteiger charge is 2.32. The zero-order valence-electron chi connectivity index (χ0n) is 12.1. The number of rotatable bonds is 3. The van der Waals surface area contributed by atoms with Gasteiger partial charge in [0.25, 0.3) is 5.91 Å². The van der Waals surface area contributed by atoms with Crippen LogP contribution in [0.1, 0.15) is 49.5 Å². The van der Waals surface area contributed by atoms with Gasteiger partial charge in [0.1, 0.15) is 4.88 Å². The fourth-order valence-electron chi connectivity index (χ4n) is 2.43. The van der Waals surface area contributed by atoms with Gasteiger partial charge in [0.15, 0.2) is 0 Å². The lowest BCUT2D eigenvalue weighted by Crippen LogP contribution is -2.41. The molecule has 1 amide bonds. The van der Waals surface area contributed by atoms with Crippen LogP contribution in [0.15, 0.2) is 0 Å². The van der Waals surface area contributed by atoms with Crippen LogP contribution >= 0.6 is 11.5 Å². The maximum absolute atomic E-state index is 12.7. The molecule has 0 spiro atoms. The van der Waals surface area contributed by atoms with Crippen LogP contribution in [0.25, 0.3) is 0 Å². The van der Waals surface area contributed by atoms with Crippen molar-refractivity contribution in [1.82, 2.24) is 19.8 Å². The third-order valence-electron chi connectivity index (χ3n) is 3.47. The number of aromatic nitrogens is 2. The van der Waals surface area contributed by atoms with E-state index in [0.717, 1.165) is 31.7 Å². The van der Waals surface area contributed by atoms with E-state index in [2.05, 4.69) is 35.7 Å². The Morgan fingerprint density at radius 1 is 1.53 bits per heavy atom. The van der Waals surface area contributed by atoms with E-state index < -0.39 is 0 Å². The van der Waals surface area contributed by atoms with Gasteiger partial charge in [-0.2, -0.15) is 0 Å². The first-order valence-corrected chi connectivity index (χ1v) is 7.57. The Hall–Kier alpha value is -1.01. The molecule has 0 saturated carbocycles. The van der Waals surface area contributed by atoms with Crippen LogP contribution in [0.3, 0.4) is 0 Å². The van der Waals surface area contributed by atoms with Crippen molar-refractivity contribution in [1.29, 1.82) is 0 Å². The summed E-state index contributed by atoms with van der Waals surface area (Å²) in [7, 11) is 0. The van der Waals surface area contributed by atoms with Gasteiger partial charge in [0.2, 0.25) is 0 Å². The molecular formula is C13H22N4OS. The van der Waals surface area contributed by atoms with E-state index in [4.69, 9.17) is 0 Å². The van der Waals surface area contributed by atoms with Gasteiger partial charge in [0.05, 0.1) is 5.69 Å². The Balaban J connectivity index is 2.25. The fraction of sp³-hybridized carbons (Fsp3) is 0.769. The van der Waals surface area contributed by atoms with Gasteiger partial charge in [-0.25, -0.2) is 0 Å². The number of likely N-dealkylation sites (N-methyl/N-ethyl adjacent to an activating group) is 1. The summed E-state index contributed by atoms with van der Waals surface area (Å²) in [6.45, 7) is 10.8. The van der Waals surface area contributed by atoms with E-state index >= 15 is 0 Å². The van der Waals surface area contributed by atoms with Crippen LogP contribution in [0.2, 0.25) is 0 Å². The van der Waals surface area contributed by atoms with Crippen molar-refractivity contribution in [2.24, 2.45) is 0 Å². The van der Waals surface area contributed by atoms with Crippen LogP contribution in [-0.2, 0) is 5.41 Å². The van der Waals surface area contributed by atoms with Crippen molar-refractivity contribution in [2.45, 2.75) is 45.6 Å². The monoisotopic (exact) mass is 282 g/mol. The fourth-order valence-corrected chi connectivity index (χ4v) is 3.26. The summed E-state index contributed by atoms with van der Waals surface area (Å²) in [4.78, 5) is 15.4. The molecule has 1 saturated heterocycles. The highest BCUT2D eigenvalue weighted by atomic mass is 32.1. The van der Waals surface area contributed by atoms with E-state index in [1.54, 1.807) is 0 Å². The summed E-state index contributed by atoms with van der Waals surface area (Å²) in [6.07, 6.45) is 1.02. The summed E-state index contributed by atoms with van der Waals surface area (Å²) in [5.41, 5.74) is 0.664. The Labute approximate surface area is 118 Å². The van der Waals surface area contributed by atoms with Crippen molar-refractivity contribution in [3.05, 3.63) is 10.6 Å². The molecule has 1 fully saturated rings. The Kier molecular flexibility index (Phi) is 4.20. The van der Waals surface area contributed by atoms with E-state index in [9.17, 15) is 4.79 Å². The first kappa shape index (κ1) is 14.4. The third-order valence-corrected chi connectivity index (χ3v) is 4.18. The molecule has 19 heavy (non-hydrogen) atoms. The topological polar surface area (TPSA) is 58.1 Å². The van der Waals surface area contributed by atoms with E-state index in [1.165, 1.54) is 11.5 Å². The highest BCUT2D eigenvalue weighted by Crippen LogP contribution is 2.27. The van der Waals surface area contributed by atoms with Crippen molar-refractivity contribution in [2.75, 3.05) is 19.6 Å². The van der Waals surface area contributed by atoms with Gasteiger partial charge in [-0.1, -0.05) is 25.3 Å². The maximum atomic E-state index is 12.7. The first-order valence-electron chi connectivity index (χ1n) is 6.79. The standard InChI is InChI=1S/C13H22N4OS/c1-5-17(9-6-7-14-8-9)12(18)10-11(13(2,3)4)15-16-19-10/h9,14H,5-8H2,1-4H3. The van der Waals surface area contributed by atoms with Crippen molar-refractivity contribution >= 4 is 17.4 Å². The van der Waals surface area contributed by atoms with Crippen LogP contribution < -0.4 is 5.32 Å². The molecule has 0 aliphatic carbocycles. The summed E-state index contributed by atoms with van der Waals surface area (Å²) in [5, 5.41) is 7.47. The van der Waals surface area contributed by atoms with Crippen LogP contribution in [0, 0.1) is 0 Å². The second-order valence-corrected chi connectivity index (χ2v) is 6.69. The average molecular weight is 282 g/mol. The lowest BCUT2D eigenvalue weighted by Gasteiger charge is -2.27. The van der Waals surface area contributed by atoms with Crippen LogP contribution in [0.4, 0.5) is 0 Å². The summed E-state index contributed by atoms with van der Waals surface area (Å²) < 4.78 is 3.98. The quantitative estimate of drug-likeness (QED) is 0.916. The molecule has 1 atom stereocenters. The minimum absolute atomic E-state index is 0.0797. The largest absolute Gasteiger partial charge is 0.334 e. The van der Waals surface area contributed by atoms with Crippen LogP contribution in [-0.4, -0.2) is 46.1 Å². The molecule has 0 aromatic carbocycles. The predicted molar refractivity (Wildman–Crippen MR) is 76.6 cm³/mol. The molecule has 5 nitrogen and oxygen atoms in total. The molecule has 2 rings (SSSR count). The number of amides is 1. The molecule has 6 heteroatoms. The molecule has 1 unspecified atom stereocenters. The Bertz CT molecular complexity index is 446. The molecule has 106 valence electrons. The second kappa shape index (κ2) is 5.54. The Morgan fingerprint density at radius 3 is 2.79 bits per heavy atom. The SMILES string of the molecule is CCN(C(=O)c1snnc1C(C)(C)C)C1CCNC1. The van der Waals surface area contributed by atoms with E-state index in [0.29, 0.717) is 10.9 Å². The van der Waals surface area contributed by atoms with E-state index in [1.807, 2.05) is 11.8 Å². The molecular weight excluding hydrogens is 260 g/mol. The highest BCUT2D eigenvalue weighted by molar-refractivity contribution is 7.08. The molecule has 1 aliphatic heterocycles. The summed E-state index contributed by atoms with van der Waals surface area (Å²) >= 11 is 1.21. The predicted octanol–water partition coefficient (Wildman–Crippen LogP) is 1.66. The molecule has 1 aliphatic rings. The number of nitrogens with zero attached hydrogens (tertiary/aromatic N) is 3. The van der Waals surface area contributed by atoms with Gasteiger partial charge in [0, 0.05) is 24.5 Å². The molecule has 2 heterocycles. The van der Waals surface area contributed by atoms with Gasteiger partial charge in [-0.15, -0.1) is 5.10 Å². The van der Waals surface area contributed by atoms with Crippen molar-refractivity contribution < 1.29 is 4.79 Å². The molecule has 1 aromatic heterocycles. The molecule has 0 bridgehead atoms. The lowest BCUT2D eigenvalue weighted by atomic mass is 9.91. The number of nitrogens with one attached hydrogen (secondary N) is 1. The zero-order chi connectivity index (χ0) is 14.0. The second-order valence-electron chi connectivity index (χ2n) is 5.94. The normalized spacial score (nSPS) is 19.7. The van der Waals surface area contributed by atoms with Gasteiger partial charge >= 0.3 is 0 Å². The number of hydrogen-bond acceptors (Lipinski definition) is 5. The smallest absolute Gasteiger partial charge is 0.267 e. The Morgan fingerprint density at radius 2 is 2.26 bits per heavy atom. The molecule has 1 N–H and O–H groups in total. The lowest BCUT2D eigenvalue weighted by molar-refractivity contribution is 0.0706. The average Bonchev–Trinajstić information content (AvgIpc) is 2.99. The third kappa shape index (κ3) is 2.95. The first-order chi connectivity index (χ1) is 8.95. The van der Waals surface area contributed by atoms with Crippen molar-refractivity contribution in [3.8, 4) is 0 Å². The summed E-state index contributed by atoms with van der Waals surface area (Å²) in [6, 6.07) is 0.299. The van der Waals surface area contributed by atoms with Gasteiger partial charge in [-0.05, 0) is 31.4 Å². The minimum Gasteiger partial charge on any atom is -0.334 e. The maximum Gasteiger partial charge on any atom is 0.267 e. The number of carbonyl (C=O) groups is 1. The zero-order valence-corrected chi connectivity index (χ0v) is 12.9. The van der Waals surface area contributed by atoms with Gasteiger partial charge in [-0.3, -0.25) is 4.79 Å². The number of hydrogen-bond donors (Lipinski definition) is 1. The van der Waals surface area contributed by atoms with Crippen molar-refractivity contribution in [3.63, 3.8) is 0 Å². The molecule has 1 aromatic rings. The molecule has 0 radical (unpaired) electrons. The minimum atomic E-state index is -0.147. The van der Waals surface area contributed by atoms with Gasteiger partial charge < -0.3 is 10.2 Å². The number of carbonyl (C=O) groups excluding carboxylic acids is 1.